The Morgan fingerprint density at radius 2 is 1.94 bits per heavy atom. The van der Waals surface area contributed by atoms with E-state index < -0.39 is 11.9 Å². The third-order valence-electron chi connectivity index (χ3n) is 7.13. The standard InChI is InChI=1S/C24H32F3N3O/c25-24(26,27)21-7-4-8-22(29-21)28-18-23(11-15-31-16-12-23)20-9-13-30(14-10-20)17-19-5-2-1-3-6-19/h1-2,4-5,7-8,20H,3,6,9-18H2,(H,28,29). The van der Waals surface area contributed by atoms with Crippen LogP contribution >= 0.6 is 0 Å². The molecule has 0 radical (unpaired) electrons. The molecule has 0 amide bonds. The van der Waals surface area contributed by atoms with Crippen molar-refractivity contribution in [2.24, 2.45) is 11.3 Å². The molecule has 3 aliphatic rings. The van der Waals surface area contributed by atoms with Crippen LogP contribution in [0.4, 0.5) is 19.0 Å². The summed E-state index contributed by atoms with van der Waals surface area (Å²) in [5, 5.41) is 3.24. The number of allylic oxidation sites excluding steroid dienone is 3. The van der Waals surface area contributed by atoms with Crippen LogP contribution in [-0.4, -0.2) is 49.3 Å². The van der Waals surface area contributed by atoms with Gasteiger partial charge in [-0.1, -0.05) is 29.9 Å². The van der Waals surface area contributed by atoms with Gasteiger partial charge in [0.25, 0.3) is 0 Å². The number of ether oxygens (including phenoxy) is 1. The highest BCUT2D eigenvalue weighted by Crippen LogP contribution is 2.44. The van der Waals surface area contributed by atoms with Crippen LogP contribution in [0.2, 0.25) is 0 Å². The van der Waals surface area contributed by atoms with Crippen molar-refractivity contribution < 1.29 is 17.9 Å². The molecule has 2 saturated heterocycles. The molecular weight excluding hydrogens is 403 g/mol. The number of anilines is 1. The van der Waals surface area contributed by atoms with Crippen LogP contribution in [0.25, 0.3) is 0 Å². The molecule has 1 N–H and O–H groups in total. The minimum absolute atomic E-state index is 0.0487. The Morgan fingerprint density at radius 1 is 1.16 bits per heavy atom. The Bertz CT molecular complexity index is 792. The minimum Gasteiger partial charge on any atom is -0.381 e. The molecule has 3 heterocycles. The van der Waals surface area contributed by atoms with Crippen molar-refractivity contribution in [2.45, 2.75) is 44.7 Å². The van der Waals surface area contributed by atoms with E-state index >= 15 is 0 Å². The first-order chi connectivity index (χ1) is 14.9. The van der Waals surface area contributed by atoms with Crippen molar-refractivity contribution in [1.29, 1.82) is 0 Å². The SMILES string of the molecule is FC(F)(F)c1cccc(NCC2(C3CCN(CC4=CC=CCC4)CC3)CCOCC2)n1. The molecule has 1 aromatic rings. The third kappa shape index (κ3) is 5.69. The molecule has 7 heteroatoms. The molecule has 0 bridgehead atoms. The molecule has 0 atom stereocenters. The molecule has 0 spiro atoms. The van der Waals surface area contributed by atoms with Crippen LogP contribution in [0.15, 0.2) is 42.0 Å². The number of pyridine rings is 1. The quantitative estimate of drug-likeness (QED) is 0.658. The van der Waals surface area contributed by atoms with Gasteiger partial charge in [-0.15, -0.1) is 0 Å². The first kappa shape index (κ1) is 22.3. The number of alkyl halides is 3. The molecule has 0 unspecified atom stereocenters. The third-order valence-corrected chi connectivity index (χ3v) is 7.13. The lowest BCUT2D eigenvalue weighted by atomic mass is 9.66. The van der Waals surface area contributed by atoms with Gasteiger partial charge in [-0.3, -0.25) is 4.90 Å². The summed E-state index contributed by atoms with van der Waals surface area (Å²) >= 11 is 0. The molecule has 0 saturated carbocycles. The summed E-state index contributed by atoms with van der Waals surface area (Å²) in [6.07, 6.45) is 8.64. The van der Waals surface area contributed by atoms with E-state index in [1.165, 1.54) is 11.6 Å². The largest absolute Gasteiger partial charge is 0.433 e. The fourth-order valence-electron chi connectivity index (χ4n) is 5.24. The van der Waals surface area contributed by atoms with Gasteiger partial charge in [0.1, 0.15) is 11.5 Å². The Labute approximate surface area is 182 Å². The van der Waals surface area contributed by atoms with Crippen molar-refractivity contribution in [2.75, 3.05) is 44.7 Å². The number of nitrogens with zero attached hydrogens (tertiary/aromatic N) is 2. The summed E-state index contributed by atoms with van der Waals surface area (Å²) < 4.78 is 44.7. The summed E-state index contributed by atoms with van der Waals surface area (Å²) in [5.41, 5.74) is 0.713. The van der Waals surface area contributed by atoms with Gasteiger partial charge in [0.2, 0.25) is 0 Å². The van der Waals surface area contributed by atoms with Crippen LogP contribution in [-0.2, 0) is 10.9 Å². The Balaban J connectivity index is 1.38. The summed E-state index contributed by atoms with van der Waals surface area (Å²) in [4.78, 5) is 6.35. The summed E-state index contributed by atoms with van der Waals surface area (Å²) in [7, 11) is 0. The molecule has 2 aliphatic heterocycles. The Kier molecular flexibility index (Phi) is 7.02. The van der Waals surface area contributed by atoms with E-state index in [1.807, 2.05) is 0 Å². The van der Waals surface area contributed by atoms with Crippen molar-refractivity contribution in [3.05, 3.63) is 47.7 Å². The second-order valence-corrected chi connectivity index (χ2v) is 9.08. The number of hydrogen-bond donors (Lipinski definition) is 1. The molecule has 2 fully saturated rings. The van der Waals surface area contributed by atoms with E-state index in [2.05, 4.69) is 33.4 Å². The van der Waals surface area contributed by atoms with Gasteiger partial charge in [-0.05, 0) is 75.1 Å². The van der Waals surface area contributed by atoms with Crippen molar-refractivity contribution in [1.82, 2.24) is 9.88 Å². The Morgan fingerprint density at radius 3 is 2.61 bits per heavy atom. The minimum atomic E-state index is -4.43. The van der Waals surface area contributed by atoms with Crippen molar-refractivity contribution in [3.63, 3.8) is 0 Å². The number of likely N-dealkylation sites (tertiary alicyclic amines) is 1. The lowest BCUT2D eigenvalue weighted by Gasteiger charge is -2.47. The summed E-state index contributed by atoms with van der Waals surface area (Å²) in [5.74, 6) is 0.849. The maximum atomic E-state index is 13.0. The number of halogens is 3. The van der Waals surface area contributed by atoms with Gasteiger partial charge >= 0.3 is 6.18 Å². The van der Waals surface area contributed by atoms with E-state index in [4.69, 9.17) is 4.74 Å². The monoisotopic (exact) mass is 435 g/mol. The number of piperidine rings is 1. The zero-order chi connectivity index (χ0) is 21.7. The van der Waals surface area contributed by atoms with Gasteiger partial charge in [0.05, 0.1) is 0 Å². The van der Waals surface area contributed by atoms with Gasteiger partial charge < -0.3 is 10.1 Å². The number of hydrogen-bond acceptors (Lipinski definition) is 4. The summed E-state index contributed by atoms with van der Waals surface area (Å²) in [6.45, 7) is 5.30. The second kappa shape index (κ2) is 9.74. The predicted octanol–water partition coefficient (Wildman–Crippen LogP) is 5.30. The van der Waals surface area contributed by atoms with Crippen LogP contribution in [0.1, 0.15) is 44.2 Å². The molecular formula is C24H32F3N3O. The average molecular weight is 436 g/mol. The van der Waals surface area contributed by atoms with Gasteiger partial charge in [-0.2, -0.15) is 13.2 Å². The number of nitrogens with one attached hydrogen (secondary N) is 1. The average Bonchev–Trinajstić information content (AvgIpc) is 2.79. The number of rotatable bonds is 6. The molecule has 170 valence electrons. The summed E-state index contributed by atoms with van der Waals surface area (Å²) in [6, 6.07) is 4.06. The first-order valence-corrected chi connectivity index (χ1v) is 11.4. The van der Waals surface area contributed by atoms with Gasteiger partial charge in [-0.25, -0.2) is 4.98 Å². The molecule has 4 nitrogen and oxygen atoms in total. The van der Waals surface area contributed by atoms with Gasteiger partial charge in [0.15, 0.2) is 0 Å². The predicted molar refractivity (Wildman–Crippen MR) is 116 cm³/mol. The molecule has 1 aromatic heterocycles. The zero-order valence-electron chi connectivity index (χ0n) is 18.0. The van der Waals surface area contributed by atoms with E-state index in [1.54, 1.807) is 6.07 Å². The highest BCUT2D eigenvalue weighted by atomic mass is 19.4. The van der Waals surface area contributed by atoms with Gasteiger partial charge in [0, 0.05) is 26.3 Å². The molecule has 1 aliphatic carbocycles. The smallest absolute Gasteiger partial charge is 0.381 e. The first-order valence-electron chi connectivity index (χ1n) is 11.4. The maximum absolute atomic E-state index is 13.0. The zero-order valence-corrected chi connectivity index (χ0v) is 18.0. The normalized spacial score (nSPS) is 22.9. The van der Waals surface area contributed by atoms with E-state index in [0.717, 1.165) is 77.4 Å². The fourth-order valence-corrected chi connectivity index (χ4v) is 5.24. The Hall–Kier alpha value is -1.86. The lowest BCUT2D eigenvalue weighted by molar-refractivity contribution is -0.141. The lowest BCUT2D eigenvalue weighted by Crippen LogP contribution is -2.47. The van der Waals surface area contributed by atoms with Crippen LogP contribution < -0.4 is 5.32 Å². The van der Waals surface area contributed by atoms with Crippen molar-refractivity contribution in [3.8, 4) is 0 Å². The highest BCUT2D eigenvalue weighted by molar-refractivity contribution is 5.36. The highest BCUT2D eigenvalue weighted by Gasteiger charge is 2.41. The molecule has 4 rings (SSSR count). The molecule has 0 aromatic carbocycles. The van der Waals surface area contributed by atoms with Crippen LogP contribution in [0, 0.1) is 11.3 Å². The van der Waals surface area contributed by atoms with Crippen LogP contribution in [0.5, 0.6) is 0 Å². The topological polar surface area (TPSA) is 37.4 Å². The molecule has 31 heavy (non-hydrogen) atoms. The van der Waals surface area contributed by atoms with E-state index in [-0.39, 0.29) is 5.41 Å². The van der Waals surface area contributed by atoms with Crippen LogP contribution in [0.3, 0.4) is 0 Å². The second-order valence-electron chi connectivity index (χ2n) is 9.08. The van der Waals surface area contributed by atoms with Crippen molar-refractivity contribution >= 4 is 5.82 Å². The fraction of sp³-hybridized carbons (Fsp3) is 0.625. The van der Waals surface area contributed by atoms with E-state index in [9.17, 15) is 13.2 Å². The maximum Gasteiger partial charge on any atom is 0.433 e. The number of aromatic nitrogens is 1. The van der Waals surface area contributed by atoms with E-state index in [0.29, 0.717) is 18.3 Å².